The number of fused-ring (bicyclic) bond motifs is 1. The van der Waals surface area contributed by atoms with Crippen LogP contribution in [0.1, 0.15) is 19.3 Å². The van der Waals surface area contributed by atoms with Crippen LogP contribution in [0.2, 0.25) is 0 Å². The summed E-state index contributed by atoms with van der Waals surface area (Å²) in [4.78, 5) is 6.93. The fourth-order valence-electron chi connectivity index (χ4n) is 3.24. The van der Waals surface area contributed by atoms with Gasteiger partial charge < -0.3 is 16.0 Å². The van der Waals surface area contributed by atoms with Crippen molar-refractivity contribution in [2.45, 2.75) is 25.3 Å². The Morgan fingerprint density at radius 1 is 1.27 bits per heavy atom. The third-order valence-corrected chi connectivity index (χ3v) is 4.05. The summed E-state index contributed by atoms with van der Waals surface area (Å²) in [6, 6.07) is 0.449. The molecule has 3 aliphatic rings. The molecule has 0 spiro atoms. The fraction of sp³-hybridized carbons (Fsp3) is 0.909. The molecule has 3 rings (SSSR count). The molecule has 2 heterocycles. The van der Waals surface area contributed by atoms with Gasteiger partial charge in [-0.15, -0.1) is 0 Å². The molecule has 4 heteroatoms. The Kier molecular flexibility index (Phi) is 2.31. The maximum absolute atomic E-state index is 6.03. The fourth-order valence-corrected chi connectivity index (χ4v) is 3.24. The highest BCUT2D eigenvalue weighted by Gasteiger charge is 2.38. The van der Waals surface area contributed by atoms with E-state index in [0.717, 1.165) is 30.9 Å². The average molecular weight is 208 g/mol. The Morgan fingerprint density at radius 2 is 2.13 bits per heavy atom. The maximum Gasteiger partial charge on any atom is 0.194 e. The lowest BCUT2D eigenvalue weighted by molar-refractivity contribution is 0.271. The molecule has 4 nitrogen and oxygen atoms in total. The number of likely N-dealkylation sites (tertiary alicyclic amines) is 1. The van der Waals surface area contributed by atoms with Gasteiger partial charge in [-0.05, 0) is 31.1 Å². The lowest BCUT2D eigenvalue weighted by Gasteiger charge is -2.27. The number of aliphatic imine (C=N–C) groups is 1. The van der Waals surface area contributed by atoms with Crippen LogP contribution in [0.3, 0.4) is 0 Å². The average Bonchev–Trinajstić information content (AvgIpc) is 2.84. The van der Waals surface area contributed by atoms with Gasteiger partial charge in [0, 0.05) is 25.7 Å². The lowest BCUT2D eigenvalue weighted by Crippen LogP contribution is -2.37. The smallest absolute Gasteiger partial charge is 0.194 e. The Morgan fingerprint density at radius 3 is 2.93 bits per heavy atom. The van der Waals surface area contributed by atoms with Crippen molar-refractivity contribution in [3.8, 4) is 0 Å². The molecule has 0 radical (unpaired) electrons. The van der Waals surface area contributed by atoms with E-state index in [9.17, 15) is 0 Å². The Hall–Kier alpha value is -0.770. The molecular weight excluding hydrogens is 188 g/mol. The van der Waals surface area contributed by atoms with Crippen molar-refractivity contribution in [2.24, 2.45) is 22.6 Å². The van der Waals surface area contributed by atoms with E-state index < -0.39 is 0 Å². The van der Waals surface area contributed by atoms with Crippen molar-refractivity contribution >= 4 is 5.96 Å². The summed E-state index contributed by atoms with van der Waals surface area (Å²) in [5.74, 6) is 2.83. The second kappa shape index (κ2) is 3.67. The van der Waals surface area contributed by atoms with Gasteiger partial charge in [0.05, 0.1) is 6.54 Å². The third kappa shape index (κ3) is 1.71. The lowest BCUT2D eigenvalue weighted by atomic mass is 9.79. The van der Waals surface area contributed by atoms with Crippen LogP contribution < -0.4 is 11.1 Å². The highest BCUT2D eigenvalue weighted by atomic mass is 15.3. The first kappa shape index (κ1) is 9.46. The molecule has 0 bridgehead atoms. The van der Waals surface area contributed by atoms with Crippen LogP contribution in [0.4, 0.5) is 0 Å². The van der Waals surface area contributed by atoms with Gasteiger partial charge in [0.2, 0.25) is 0 Å². The van der Waals surface area contributed by atoms with Crippen LogP contribution in [-0.2, 0) is 0 Å². The van der Waals surface area contributed by atoms with Gasteiger partial charge in [-0.3, -0.25) is 4.99 Å². The molecule has 3 atom stereocenters. The van der Waals surface area contributed by atoms with Crippen LogP contribution in [-0.4, -0.2) is 43.1 Å². The van der Waals surface area contributed by atoms with Crippen molar-refractivity contribution in [2.75, 3.05) is 26.2 Å². The molecule has 0 aromatic heterocycles. The number of nitrogens with zero attached hydrogens (tertiary/aromatic N) is 2. The number of guanidine groups is 1. The summed E-state index contributed by atoms with van der Waals surface area (Å²) in [6.07, 6.45) is 3.75. The van der Waals surface area contributed by atoms with Gasteiger partial charge in [0.25, 0.3) is 0 Å². The van der Waals surface area contributed by atoms with Crippen molar-refractivity contribution < 1.29 is 0 Å². The van der Waals surface area contributed by atoms with Gasteiger partial charge in [-0.25, -0.2) is 0 Å². The molecular formula is C11H20N4. The van der Waals surface area contributed by atoms with Crippen molar-refractivity contribution in [3.63, 3.8) is 0 Å². The quantitative estimate of drug-likeness (QED) is 0.589. The van der Waals surface area contributed by atoms with Crippen molar-refractivity contribution in [1.29, 1.82) is 0 Å². The second-order valence-electron chi connectivity index (χ2n) is 5.13. The molecule has 2 aliphatic heterocycles. The van der Waals surface area contributed by atoms with Gasteiger partial charge in [-0.1, -0.05) is 0 Å². The van der Waals surface area contributed by atoms with E-state index in [1.165, 1.54) is 32.4 Å². The van der Waals surface area contributed by atoms with E-state index in [4.69, 9.17) is 5.73 Å². The molecule has 1 saturated heterocycles. The second-order valence-corrected chi connectivity index (χ2v) is 5.13. The van der Waals surface area contributed by atoms with Gasteiger partial charge in [0.1, 0.15) is 0 Å². The maximum atomic E-state index is 6.03. The summed E-state index contributed by atoms with van der Waals surface area (Å²) in [5.41, 5.74) is 6.03. The van der Waals surface area contributed by atoms with Crippen LogP contribution in [0.15, 0.2) is 4.99 Å². The largest absolute Gasteiger partial charge is 0.354 e. The van der Waals surface area contributed by atoms with Gasteiger partial charge >= 0.3 is 0 Å². The number of rotatable bonds is 0. The van der Waals surface area contributed by atoms with E-state index >= 15 is 0 Å². The molecule has 3 N–H and O–H groups in total. The zero-order valence-electron chi connectivity index (χ0n) is 9.15. The monoisotopic (exact) mass is 208 g/mol. The predicted molar refractivity (Wildman–Crippen MR) is 60.7 cm³/mol. The van der Waals surface area contributed by atoms with E-state index in [-0.39, 0.29) is 0 Å². The van der Waals surface area contributed by atoms with Gasteiger partial charge in [0.15, 0.2) is 5.96 Å². The summed E-state index contributed by atoms with van der Waals surface area (Å²) in [5, 5.41) is 3.36. The van der Waals surface area contributed by atoms with E-state index in [1.807, 2.05) is 0 Å². The minimum Gasteiger partial charge on any atom is -0.354 e. The normalized spacial score (nSPS) is 39.9. The third-order valence-electron chi connectivity index (χ3n) is 4.05. The summed E-state index contributed by atoms with van der Waals surface area (Å²) < 4.78 is 0. The molecule has 84 valence electrons. The van der Waals surface area contributed by atoms with E-state index in [2.05, 4.69) is 15.2 Å². The Bertz CT molecular complexity index is 276. The summed E-state index contributed by atoms with van der Waals surface area (Å²) in [7, 11) is 0. The molecule has 0 aromatic carbocycles. The molecule has 1 aliphatic carbocycles. The van der Waals surface area contributed by atoms with Crippen LogP contribution in [0.5, 0.6) is 0 Å². The topological polar surface area (TPSA) is 53.6 Å². The van der Waals surface area contributed by atoms with Crippen LogP contribution in [0, 0.1) is 11.8 Å². The highest BCUT2D eigenvalue weighted by Crippen LogP contribution is 2.35. The number of hydrogen-bond acceptors (Lipinski definition) is 4. The number of hydrogen-bond donors (Lipinski definition) is 2. The van der Waals surface area contributed by atoms with Crippen LogP contribution in [0.25, 0.3) is 0 Å². The Balaban J connectivity index is 1.66. The van der Waals surface area contributed by atoms with Crippen molar-refractivity contribution in [3.05, 3.63) is 0 Å². The molecule has 2 fully saturated rings. The highest BCUT2D eigenvalue weighted by molar-refractivity contribution is 5.81. The first-order valence-corrected chi connectivity index (χ1v) is 6.12. The number of nitrogens with two attached hydrogens (primary N) is 1. The van der Waals surface area contributed by atoms with Crippen LogP contribution >= 0.6 is 0 Å². The Labute approximate surface area is 90.9 Å². The van der Waals surface area contributed by atoms with E-state index in [1.54, 1.807) is 0 Å². The van der Waals surface area contributed by atoms with Gasteiger partial charge in [-0.2, -0.15) is 0 Å². The molecule has 0 aromatic rings. The first-order chi connectivity index (χ1) is 7.33. The minimum atomic E-state index is 0.449. The van der Waals surface area contributed by atoms with Crippen molar-refractivity contribution in [1.82, 2.24) is 10.2 Å². The number of nitrogens with one attached hydrogen (secondary N) is 1. The molecule has 1 saturated carbocycles. The zero-order valence-corrected chi connectivity index (χ0v) is 9.15. The molecule has 15 heavy (non-hydrogen) atoms. The molecule has 0 amide bonds. The minimum absolute atomic E-state index is 0.449. The van der Waals surface area contributed by atoms with E-state index in [0.29, 0.717) is 6.04 Å². The molecule has 1 unspecified atom stereocenters. The summed E-state index contributed by atoms with van der Waals surface area (Å²) in [6.45, 7) is 4.33. The zero-order chi connectivity index (χ0) is 10.3. The standard InChI is InChI=1S/C11H20N4/c12-10-2-1-8-6-15(7-9(8)5-10)11-13-3-4-14-11/h8-10H,1-7,12H2,(H,13,14)/t8-,9+,10?/m1/s1. The first-order valence-electron chi connectivity index (χ1n) is 6.12. The summed E-state index contributed by atoms with van der Waals surface area (Å²) >= 11 is 0. The predicted octanol–water partition coefficient (Wildman–Crippen LogP) is 0.00480. The SMILES string of the molecule is NC1CC[C@@H]2CN(C3=NCCN3)C[C@@H]2C1.